The molecule has 0 bridgehead atoms. The number of rotatable bonds is 1. The Morgan fingerprint density at radius 1 is 1.05 bits per heavy atom. The van der Waals surface area contributed by atoms with E-state index in [-0.39, 0.29) is 5.69 Å². The highest BCUT2D eigenvalue weighted by molar-refractivity contribution is 5.81. The van der Waals surface area contributed by atoms with Crippen molar-refractivity contribution in [3.8, 4) is 11.5 Å². The molecule has 0 amide bonds. The van der Waals surface area contributed by atoms with Gasteiger partial charge in [-0.15, -0.1) is 0 Å². The predicted molar refractivity (Wildman–Crippen MR) is 77.7 cm³/mol. The summed E-state index contributed by atoms with van der Waals surface area (Å²) in [5.74, 6) is -0.0639. The first-order valence-electron chi connectivity index (χ1n) is 6.18. The first-order valence-corrected chi connectivity index (χ1v) is 6.18. The maximum Gasteiger partial charge on any atom is 0.227 e. The Bertz CT molecular complexity index is 761. The third kappa shape index (κ3) is 1.87. The third-order valence-corrected chi connectivity index (χ3v) is 3.28. The second kappa shape index (κ2) is 4.23. The number of fused-ring (bicyclic) bond motifs is 1. The molecule has 2 aromatic carbocycles. The van der Waals surface area contributed by atoms with Crippen molar-refractivity contribution in [2.45, 2.75) is 13.8 Å². The van der Waals surface area contributed by atoms with E-state index in [2.05, 4.69) is 4.98 Å². The van der Waals surface area contributed by atoms with E-state index < -0.39 is 5.82 Å². The van der Waals surface area contributed by atoms with Crippen LogP contribution in [-0.2, 0) is 0 Å². The Labute approximate surface area is 115 Å². The van der Waals surface area contributed by atoms with Crippen LogP contribution in [0.3, 0.4) is 0 Å². The highest BCUT2D eigenvalue weighted by Gasteiger charge is 2.15. The minimum absolute atomic E-state index is 0.0584. The van der Waals surface area contributed by atoms with E-state index >= 15 is 0 Å². The van der Waals surface area contributed by atoms with Gasteiger partial charge in [-0.2, -0.15) is 0 Å². The number of benzene rings is 2. The lowest BCUT2D eigenvalue weighted by atomic mass is 10.0. The molecule has 0 aliphatic heterocycles. The van der Waals surface area contributed by atoms with Crippen molar-refractivity contribution >= 4 is 22.5 Å². The second-order valence-corrected chi connectivity index (χ2v) is 4.89. The molecular formula is C15H14FN3O. The first kappa shape index (κ1) is 12.5. The zero-order chi connectivity index (χ0) is 14.4. The zero-order valence-electron chi connectivity index (χ0n) is 11.2. The summed E-state index contributed by atoms with van der Waals surface area (Å²) >= 11 is 0. The number of anilines is 2. The minimum Gasteiger partial charge on any atom is -0.436 e. The van der Waals surface area contributed by atoms with Gasteiger partial charge in [0, 0.05) is 17.3 Å². The number of aromatic nitrogens is 1. The van der Waals surface area contributed by atoms with E-state index in [1.165, 1.54) is 12.1 Å². The second-order valence-electron chi connectivity index (χ2n) is 4.89. The molecule has 0 aliphatic carbocycles. The van der Waals surface area contributed by atoms with Crippen LogP contribution in [0.25, 0.3) is 22.6 Å². The van der Waals surface area contributed by atoms with Crippen molar-refractivity contribution in [1.29, 1.82) is 0 Å². The van der Waals surface area contributed by atoms with Crippen LogP contribution in [0.1, 0.15) is 11.1 Å². The summed E-state index contributed by atoms with van der Waals surface area (Å²) in [6, 6.07) is 6.43. The molecule has 0 saturated carbocycles. The van der Waals surface area contributed by atoms with Crippen molar-refractivity contribution in [3.63, 3.8) is 0 Å². The van der Waals surface area contributed by atoms with Gasteiger partial charge in [-0.3, -0.25) is 0 Å². The normalized spacial score (nSPS) is 11.2. The van der Waals surface area contributed by atoms with Crippen LogP contribution in [0.5, 0.6) is 0 Å². The van der Waals surface area contributed by atoms with Gasteiger partial charge in [-0.05, 0) is 43.2 Å². The standard InChI is InChI=1S/C15H14FN3O/c1-7-3-9(17)4-8(2)14(7)15-19-12-6-11(18)10(16)5-13(12)20-15/h3-6H,17-18H2,1-2H3. The molecule has 0 atom stereocenters. The van der Waals surface area contributed by atoms with Crippen molar-refractivity contribution in [2.75, 3.05) is 11.5 Å². The van der Waals surface area contributed by atoms with Gasteiger partial charge in [0.05, 0.1) is 5.69 Å². The van der Waals surface area contributed by atoms with Crippen molar-refractivity contribution in [1.82, 2.24) is 4.98 Å². The molecule has 1 aromatic heterocycles. The SMILES string of the molecule is Cc1cc(N)cc(C)c1-c1nc2cc(N)c(F)cc2o1. The molecule has 102 valence electrons. The van der Waals surface area contributed by atoms with Gasteiger partial charge < -0.3 is 15.9 Å². The molecule has 0 fully saturated rings. The van der Waals surface area contributed by atoms with Crippen LogP contribution in [-0.4, -0.2) is 4.98 Å². The van der Waals surface area contributed by atoms with Crippen LogP contribution in [0.4, 0.5) is 15.8 Å². The Hall–Kier alpha value is -2.56. The number of oxazole rings is 1. The maximum absolute atomic E-state index is 13.4. The average Bonchev–Trinajstić information content (AvgIpc) is 2.70. The van der Waals surface area contributed by atoms with Crippen molar-refractivity contribution in [3.05, 3.63) is 41.2 Å². The predicted octanol–water partition coefficient (Wildman–Crippen LogP) is 3.42. The Balaban J connectivity index is 2.25. The Morgan fingerprint density at radius 3 is 2.35 bits per heavy atom. The molecule has 3 aromatic rings. The summed E-state index contributed by atoms with van der Waals surface area (Å²) in [5.41, 5.74) is 15.8. The quantitative estimate of drug-likeness (QED) is 0.665. The molecule has 0 unspecified atom stereocenters. The van der Waals surface area contributed by atoms with Crippen LogP contribution in [0.2, 0.25) is 0 Å². The van der Waals surface area contributed by atoms with Crippen molar-refractivity contribution < 1.29 is 8.81 Å². The monoisotopic (exact) mass is 271 g/mol. The molecule has 0 aliphatic rings. The van der Waals surface area contributed by atoms with Crippen LogP contribution < -0.4 is 11.5 Å². The highest BCUT2D eigenvalue weighted by Crippen LogP contribution is 2.32. The largest absolute Gasteiger partial charge is 0.436 e. The summed E-state index contributed by atoms with van der Waals surface area (Å²) in [4.78, 5) is 4.38. The Morgan fingerprint density at radius 2 is 1.70 bits per heavy atom. The first-order chi connectivity index (χ1) is 9.45. The van der Waals surface area contributed by atoms with Gasteiger partial charge in [-0.25, -0.2) is 9.37 Å². The van der Waals surface area contributed by atoms with E-state index in [0.717, 1.165) is 16.7 Å². The van der Waals surface area contributed by atoms with Gasteiger partial charge in [0.15, 0.2) is 5.58 Å². The van der Waals surface area contributed by atoms with Gasteiger partial charge in [-0.1, -0.05) is 0 Å². The number of nitrogens with two attached hydrogens (primary N) is 2. The third-order valence-electron chi connectivity index (χ3n) is 3.28. The zero-order valence-corrected chi connectivity index (χ0v) is 11.2. The fraction of sp³-hybridized carbons (Fsp3) is 0.133. The van der Waals surface area contributed by atoms with E-state index in [1.54, 1.807) is 0 Å². The van der Waals surface area contributed by atoms with Gasteiger partial charge in [0.25, 0.3) is 0 Å². The number of aryl methyl sites for hydroxylation is 2. The number of nitrogens with zero attached hydrogens (tertiary/aromatic N) is 1. The molecular weight excluding hydrogens is 257 g/mol. The van der Waals surface area contributed by atoms with Crippen molar-refractivity contribution in [2.24, 2.45) is 0 Å². The maximum atomic E-state index is 13.4. The smallest absolute Gasteiger partial charge is 0.227 e. The van der Waals surface area contributed by atoms with E-state index in [4.69, 9.17) is 15.9 Å². The number of hydrogen-bond donors (Lipinski definition) is 2. The van der Waals surface area contributed by atoms with Gasteiger partial charge in [0.2, 0.25) is 5.89 Å². The summed E-state index contributed by atoms with van der Waals surface area (Å²) in [7, 11) is 0. The Kier molecular flexibility index (Phi) is 2.64. The summed E-state index contributed by atoms with van der Waals surface area (Å²) in [5, 5.41) is 0. The summed E-state index contributed by atoms with van der Waals surface area (Å²) < 4.78 is 19.1. The molecule has 3 rings (SSSR count). The average molecular weight is 271 g/mol. The molecule has 1 heterocycles. The number of nitrogen functional groups attached to an aromatic ring is 2. The van der Waals surface area contributed by atoms with Crippen LogP contribution >= 0.6 is 0 Å². The molecule has 0 radical (unpaired) electrons. The van der Waals surface area contributed by atoms with E-state index in [1.807, 2.05) is 26.0 Å². The highest BCUT2D eigenvalue weighted by atomic mass is 19.1. The lowest BCUT2D eigenvalue weighted by Crippen LogP contribution is -1.93. The van der Waals surface area contributed by atoms with E-state index in [0.29, 0.717) is 22.7 Å². The lowest BCUT2D eigenvalue weighted by Gasteiger charge is -2.07. The lowest BCUT2D eigenvalue weighted by molar-refractivity contribution is 0.603. The topological polar surface area (TPSA) is 78.1 Å². The molecule has 4 nitrogen and oxygen atoms in total. The molecule has 0 spiro atoms. The summed E-state index contributed by atoms with van der Waals surface area (Å²) in [6.07, 6.45) is 0. The van der Waals surface area contributed by atoms with E-state index in [9.17, 15) is 4.39 Å². The van der Waals surface area contributed by atoms with Crippen LogP contribution in [0.15, 0.2) is 28.7 Å². The van der Waals surface area contributed by atoms with Gasteiger partial charge >= 0.3 is 0 Å². The fourth-order valence-electron chi connectivity index (χ4n) is 2.41. The minimum atomic E-state index is -0.508. The van der Waals surface area contributed by atoms with Crippen LogP contribution in [0, 0.1) is 19.7 Å². The molecule has 0 saturated heterocycles. The number of halogens is 1. The fourth-order valence-corrected chi connectivity index (χ4v) is 2.41. The molecule has 5 heteroatoms. The molecule has 4 N–H and O–H groups in total. The molecule has 20 heavy (non-hydrogen) atoms. The summed E-state index contributed by atoms with van der Waals surface area (Å²) in [6.45, 7) is 3.87. The van der Waals surface area contributed by atoms with Gasteiger partial charge in [0.1, 0.15) is 11.3 Å². The number of hydrogen-bond acceptors (Lipinski definition) is 4.